The summed E-state index contributed by atoms with van der Waals surface area (Å²) >= 11 is 0. The van der Waals surface area contributed by atoms with Crippen molar-refractivity contribution in [1.82, 2.24) is 19.9 Å². The highest BCUT2D eigenvalue weighted by Gasteiger charge is 2.21. The topological polar surface area (TPSA) is 82.5 Å². The molecular formula is C27H30N8O. The molecule has 9 heteroatoms. The zero-order valence-electron chi connectivity index (χ0n) is 20.6. The summed E-state index contributed by atoms with van der Waals surface area (Å²) in [6, 6.07) is 20.0. The molecule has 5 rings (SSSR count). The van der Waals surface area contributed by atoms with E-state index in [1.54, 1.807) is 18.6 Å². The predicted octanol–water partition coefficient (Wildman–Crippen LogP) is 3.98. The zero-order chi connectivity index (χ0) is 24.7. The number of benzene rings is 2. The van der Waals surface area contributed by atoms with Gasteiger partial charge < -0.3 is 24.8 Å². The Hall–Kier alpha value is -4.40. The maximum atomic E-state index is 5.99. The molecule has 0 spiro atoms. The average molecular weight is 483 g/mol. The van der Waals surface area contributed by atoms with Crippen molar-refractivity contribution in [1.29, 1.82) is 0 Å². The SMILES string of the molecule is CN(C)c1cc(Nc2cccc(OCc3ccccc3)c2)nc(N2CCN(c3cnccn3)CC2)n1. The molecule has 1 aliphatic heterocycles. The van der Waals surface area contributed by atoms with Gasteiger partial charge in [-0.15, -0.1) is 0 Å². The van der Waals surface area contributed by atoms with E-state index in [1.165, 1.54) is 0 Å². The fraction of sp³-hybridized carbons (Fsp3) is 0.259. The van der Waals surface area contributed by atoms with E-state index in [9.17, 15) is 0 Å². The van der Waals surface area contributed by atoms with Crippen molar-refractivity contribution < 1.29 is 4.74 Å². The lowest BCUT2D eigenvalue weighted by Crippen LogP contribution is -2.47. The van der Waals surface area contributed by atoms with Crippen molar-refractivity contribution in [3.8, 4) is 5.75 Å². The number of aromatic nitrogens is 4. The van der Waals surface area contributed by atoms with Crippen LogP contribution in [-0.4, -0.2) is 60.2 Å². The summed E-state index contributed by atoms with van der Waals surface area (Å²) < 4.78 is 5.99. The summed E-state index contributed by atoms with van der Waals surface area (Å²) in [4.78, 5) is 24.7. The van der Waals surface area contributed by atoms with Crippen molar-refractivity contribution in [2.75, 3.05) is 60.3 Å². The molecule has 3 heterocycles. The van der Waals surface area contributed by atoms with Gasteiger partial charge in [-0.3, -0.25) is 4.98 Å². The molecule has 0 radical (unpaired) electrons. The third-order valence-corrected chi connectivity index (χ3v) is 5.95. The predicted molar refractivity (Wildman–Crippen MR) is 143 cm³/mol. The molecule has 36 heavy (non-hydrogen) atoms. The van der Waals surface area contributed by atoms with Crippen LogP contribution in [0.2, 0.25) is 0 Å². The van der Waals surface area contributed by atoms with Gasteiger partial charge in [0.15, 0.2) is 0 Å². The second kappa shape index (κ2) is 10.9. The van der Waals surface area contributed by atoms with Crippen molar-refractivity contribution in [3.63, 3.8) is 0 Å². The molecule has 1 fully saturated rings. The van der Waals surface area contributed by atoms with Crippen LogP contribution in [0.4, 0.5) is 29.1 Å². The van der Waals surface area contributed by atoms with Crippen LogP contribution in [0.3, 0.4) is 0 Å². The average Bonchev–Trinajstić information content (AvgIpc) is 2.93. The summed E-state index contributed by atoms with van der Waals surface area (Å²) in [5.41, 5.74) is 2.04. The second-order valence-corrected chi connectivity index (χ2v) is 8.77. The first-order valence-corrected chi connectivity index (χ1v) is 12.0. The van der Waals surface area contributed by atoms with Crippen LogP contribution in [0, 0.1) is 0 Å². The summed E-state index contributed by atoms with van der Waals surface area (Å²) in [5, 5.41) is 3.44. The molecule has 0 bridgehead atoms. The van der Waals surface area contributed by atoms with Gasteiger partial charge in [0, 0.05) is 70.5 Å². The molecule has 1 N–H and O–H groups in total. The van der Waals surface area contributed by atoms with Gasteiger partial charge in [-0.2, -0.15) is 9.97 Å². The van der Waals surface area contributed by atoms with E-state index < -0.39 is 0 Å². The van der Waals surface area contributed by atoms with Gasteiger partial charge in [-0.1, -0.05) is 36.4 Å². The third kappa shape index (κ3) is 5.80. The zero-order valence-corrected chi connectivity index (χ0v) is 20.6. The lowest BCUT2D eigenvalue weighted by molar-refractivity contribution is 0.306. The van der Waals surface area contributed by atoms with Crippen molar-refractivity contribution in [2.24, 2.45) is 0 Å². The van der Waals surface area contributed by atoms with Crippen LogP contribution >= 0.6 is 0 Å². The molecule has 1 saturated heterocycles. The molecule has 0 atom stereocenters. The normalized spacial score (nSPS) is 13.4. The first kappa shape index (κ1) is 23.3. The Morgan fingerprint density at radius 3 is 2.44 bits per heavy atom. The molecule has 184 valence electrons. The number of hydrogen-bond acceptors (Lipinski definition) is 9. The van der Waals surface area contributed by atoms with Crippen molar-refractivity contribution in [3.05, 3.63) is 84.8 Å². The Balaban J connectivity index is 1.29. The Morgan fingerprint density at radius 2 is 1.69 bits per heavy atom. The summed E-state index contributed by atoms with van der Waals surface area (Å²) in [5.74, 6) is 3.98. The minimum Gasteiger partial charge on any atom is -0.489 e. The quantitative estimate of drug-likeness (QED) is 0.401. The van der Waals surface area contributed by atoms with Gasteiger partial charge in [-0.05, 0) is 17.7 Å². The number of ether oxygens (including phenoxy) is 1. The third-order valence-electron chi connectivity index (χ3n) is 5.95. The van der Waals surface area contributed by atoms with Crippen LogP contribution in [0.5, 0.6) is 5.75 Å². The molecule has 0 amide bonds. The van der Waals surface area contributed by atoms with E-state index in [-0.39, 0.29) is 0 Å². The summed E-state index contributed by atoms with van der Waals surface area (Å²) in [7, 11) is 3.97. The Morgan fingerprint density at radius 1 is 0.889 bits per heavy atom. The largest absolute Gasteiger partial charge is 0.489 e. The number of hydrogen-bond donors (Lipinski definition) is 1. The van der Waals surface area contributed by atoms with Gasteiger partial charge >= 0.3 is 0 Å². The fourth-order valence-corrected chi connectivity index (χ4v) is 4.00. The molecule has 0 saturated carbocycles. The van der Waals surface area contributed by atoms with E-state index in [1.807, 2.05) is 67.5 Å². The van der Waals surface area contributed by atoms with Gasteiger partial charge in [0.25, 0.3) is 0 Å². The number of nitrogens with zero attached hydrogens (tertiary/aromatic N) is 7. The van der Waals surface area contributed by atoms with Gasteiger partial charge in [-0.25, -0.2) is 4.98 Å². The van der Waals surface area contributed by atoms with Crippen LogP contribution in [0.25, 0.3) is 0 Å². The number of nitrogens with one attached hydrogen (secondary N) is 1. The highest BCUT2D eigenvalue weighted by atomic mass is 16.5. The Labute approximate surface area is 211 Å². The number of rotatable bonds is 8. The van der Waals surface area contributed by atoms with E-state index in [2.05, 4.69) is 37.2 Å². The smallest absolute Gasteiger partial charge is 0.229 e. The van der Waals surface area contributed by atoms with E-state index >= 15 is 0 Å². The minimum absolute atomic E-state index is 0.521. The summed E-state index contributed by atoms with van der Waals surface area (Å²) in [6.07, 6.45) is 5.23. The maximum Gasteiger partial charge on any atom is 0.229 e. The molecule has 1 aliphatic rings. The first-order valence-electron chi connectivity index (χ1n) is 12.0. The number of piperazine rings is 1. The van der Waals surface area contributed by atoms with Crippen LogP contribution in [-0.2, 0) is 6.61 Å². The molecule has 2 aromatic heterocycles. The van der Waals surface area contributed by atoms with E-state index in [4.69, 9.17) is 14.7 Å². The van der Waals surface area contributed by atoms with Gasteiger partial charge in [0.2, 0.25) is 5.95 Å². The fourth-order valence-electron chi connectivity index (χ4n) is 4.00. The number of anilines is 5. The summed E-state index contributed by atoms with van der Waals surface area (Å²) in [6.45, 7) is 3.79. The molecule has 4 aromatic rings. The lowest BCUT2D eigenvalue weighted by Gasteiger charge is -2.35. The molecule has 9 nitrogen and oxygen atoms in total. The highest BCUT2D eigenvalue weighted by Crippen LogP contribution is 2.26. The van der Waals surface area contributed by atoms with Crippen molar-refractivity contribution in [2.45, 2.75) is 6.61 Å². The second-order valence-electron chi connectivity index (χ2n) is 8.77. The van der Waals surface area contributed by atoms with E-state index in [0.29, 0.717) is 12.6 Å². The van der Waals surface area contributed by atoms with Crippen LogP contribution < -0.4 is 24.8 Å². The van der Waals surface area contributed by atoms with Gasteiger partial charge in [0.1, 0.15) is 29.8 Å². The van der Waals surface area contributed by atoms with Crippen LogP contribution in [0.15, 0.2) is 79.3 Å². The lowest BCUT2D eigenvalue weighted by atomic mass is 10.2. The monoisotopic (exact) mass is 482 g/mol. The van der Waals surface area contributed by atoms with Crippen molar-refractivity contribution >= 4 is 29.1 Å². The standard InChI is InChI=1S/C27H30N8O/c1-33(2)25-18-24(30-22-9-6-10-23(17-22)36-20-21-7-4-3-5-8-21)31-27(32-25)35-15-13-34(14-16-35)26-19-28-11-12-29-26/h3-12,17-19H,13-16,20H2,1-2H3,(H,30,31,32). The highest BCUT2D eigenvalue weighted by molar-refractivity contribution is 5.63. The van der Waals surface area contributed by atoms with Gasteiger partial charge in [0.05, 0.1) is 6.20 Å². The van der Waals surface area contributed by atoms with Crippen LogP contribution in [0.1, 0.15) is 5.56 Å². The van der Waals surface area contributed by atoms with E-state index in [0.717, 1.165) is 60.6 Å². The first-order chi connectivity index (χ1) is 17.6. The maximum absolute atomic E-state index is 5.99. The Bertz CT molecular complexity index is 1260. The molecule has 0 unspecified atom stereocenters. The molecule has 2 aromatic carbocycles. The molecule has 0 aliphatic carbocycles. The Kier molecular flexibility index (Phi) is 7.07. The molecular weight excluding hydrogens is 452 g/mol. The minimum atomic E-state index is 0.521.